The molecule has 3 aromatic rings. The highest BCUT2D eigenvalue weighted by Gasteiger charge is 2.21. The molecule has 0 saturated heterocycles. The van der Waals surface area contributed by atoms with Crippen molar-refractivity contribution in [3.8, 4) is 17.1 Å². The van der Waals surface area contributed by atoms with E-state index in [9.17, 15) is 9.18 Å². The number of halogens is 1. The van der Waals surface area contributed by atoms with Gasteiger partial charge in [-0.1, -0.05) is 17.8 Å². The molecule has 2 aromatic heterocycles. The number of aromatic nitrogens is 4. The van der Waals surface area contributed by atoms with Gasteiger partial charge < -0.3 is 4.90 Å². The van der Waals surface area contributed by atoms with Crippen molar-refractivity contribution in [2.24, 2.45) is 0 Å². The van der Waals surface area contributed by atoms with Crippen LogP contribution in [-0.4, -0.2) is 42.9 Å². The van der Waals surface area contributed by atoms with E-state index in [4.69, 9.17) is 0 Å². The average Bonchev–Trinajstić information content (AvgIpc) is 3.24. The summed E-state index contributed by atoms with van der Waals surface area (Å²) in [5.74, 6) is 0.609. The van der Waals surface area contributed by atoms with E-state index in [2.05, 4.69) is 21.3 Å². The average molecular weight is 438 g/mol. The summed E-state index contributed by atoms with van der Waals surface area (Å²) < 4.78 is 15.4. The molecule has 1 amide bonds. The summed E-state index contributed by atoms with van der Waals surface area (Å²) in [7, 11) is 0. The van der Waals surface area contributed by atoms with Crippen molar-refractivity contribution >= 4 is 17.7 Å². The summed E-state index contributed by atoms with van der Waals surface area (Å²) in [6.45, 7) is 2.65. The number of carbonyl (C=O) groups excluding carboxylic acids is 1. The molecule has 2 heterocycles. The van der Waals surface area contributed by atoms with Gasteiger partial charge in [0.15, 0.2) is 11.0 Å². The van der Waals surface area contributed by atoms with Crippen LogP contribution in [0.4, 0.5) is 4.39 Å². The maximum Gasteiger partial charge on any atom is 0.237 e. The van der Waals surface area contributed by atoms with Crippen LogP contribution in [0.15, 0.2) is 65.7 Å². The quantitative estimate of drug-likeness (QED) is 0.494. The molecule has 8 heteroatoms. The predicted octanol–water partition coefficient (Wildman–Crippen LogP) is 4.87. The van der Waals surface area contributed by atoms with Gasteiger partial charge in [0, 0.05) is 35.9 Å². The van der Waals surface area contributed by atoms with Gasteiger partial charge in [-0.15, -0.1) is 10.2 Å². The van der Waals surface area contributed by atoms with E-state index in [1.54, 1.807) is 24.5 Å². The summed E-state index contributed by atoms with van der Waals surface area (Å²) in [5, 5.41) is 9.27. The normalized spacial score (nSPS) is 13.7. The van der Waals surface area contributed by atoms with Crippen LogP contribution in [0.1, 0.15) is 32.6 Å². The number of hydrogen-bond acceptors (Lipinski definition) is 5. The minimum Gasteiger partial charge on any atom is -0.316 e. The monoisotopic (exact) mass is 437 g/mol. The molecule has 0 aliphatic heterocycles. The molecule has 160 valence electrons. The Morgan fingerprint density at radius 2 is 1.90 bits per heavy atom. The summed E-state index contributed by atoms with van der Waals surface area (Å²) in [6.07, 6.45) is 9.83. The maximum atomic E-state index is 13.5. The third-order valence-electron chi connectivity index (χ3n) is 5.21. The second-order valence-corrected chi connectivity index (χ2v) is 8.16. The van der Waals surface area contributed by atoms with E-state index in [1.165, 1.54) is 30.3 Å². The van der Waals surface area contributed by atoms with Crippen molar-refractivity contribution < 1.29 is 9.18 Å². The fraction of sp³-hybridized carbons (Fsp3) is 0.304. The van der Waals surface area contributed by atoms with E-state index >= 15 is 0 Å². The van der Waals surface area contributed by atoms with Crippen LogP contribution in [-0.2, 0) is 4.79 Å². The van der Waals surface area contributed by atoms with E-state index in [-0.39, 0.29) is 17.5 Å². The third-order valence-corrected chi connectivity index (χ3v) is 6.13. The first-order valence-corrected chi connectivity index (χ1v) is 11.4. The van der Waals surface area contributed by atoms with Crippen LogP contribution in [0.3, 0.4) is 0 Å². The van der Waals surface area contributed by atoms with Crippen LogP contribution >= 0.6 is 11.8 Å². The Labute approximate surface area is 185 Å². The smallest absolute Gasteiger partial charge is 0.237 e. The van der Waals surface area contributed by atoms with Gasteiger partial charge in [0.1, 0.15) is 5.82 Å². The number of allylic oxidation sites excluding steroid dienone is 2. The molecule has 1 aromatic carbocycles. The van der Waals surface area contributed by atoms with E-state index in [0.29, 0.717) is 17.5 Å². The molecule has 1 aliphatic rings. The number of pyridine rings is 1. The molecular formula is C23H24FN5OS. The Bertz CT molecular complexity index is 1070. The van der Waals surface area contributed by atoms with Gasteiger partial charge in [-0.3, -0.25) is 14.3 Å². The standard InChI is InChI=1S/C23H24FN5OS/c1-2-28(19-6-4-3-5-7-19)21(30)16-31-23-27-26-22(17-12-14-25-15-13-17)29(23)20-10-8-18(24)9-11-20/h6,8-15H,2-5,7,16H2,1H3. The first kappa shape index (κ1) is 21.2. The first-order valence-electron chi connectivity index (χ1n) is 10.4. The minimum absolute atomic E-state index is 0.0553. The Balaban J connectivity index is 1.61. The van der Waals surface area contributed by atoms with Gasteiger partial charge in [-0.05, 0) is 69.0 Å². The molecule has 1 aliphatic carbocycles. The van der Waals surface area contributed by atoms with Crippen LogP contribution in [0.5, 0.6) is 0 Å². The lowest BCUT2D eigenvalue weighted by Gasteiger charge is -2.26. The molecule has 0 fully saturated rings. The number of amides is 1. The van der Waals surface area contributed by atoms with Gasteiger partial charge in [0.25, 0.3) is 0 Å². The van der Waals surface area contributed by atoms with Gasteiger partial charge in [0.2, 0.25) is 5.91 Å². The highest BCUT2D eigenvalue weighted by atomic mass is 32.2. The summed E-state index contributed by atoms with van der Waals surface area (Å²) >= 11 is 1.34. The van der Waals surface area contributed by atoms with Crippen molar-refractivity contribution in [3.63, 3.8) is 0 Å². The lowest BCUT2D eigenvalue weighted by molar-refractivity contribution is -0.126. The van der Waals surface area contributed by atoms with Gasteiger partial charge >= 0.3 is 0 Å². The number of nitrogens with zero attached hydrogens (tertiary/aromatic N) is 5. The second kappa shape index (κ2) is 9.87. The zero-order valence-electron chi connectivity index (χ0n) is 17.4. The number of benzene rings is 1. The van der Waals surface area contributed by atoms with Crippen molar-refractivity contribution in [2.45, 2.75) is 37.8 Å². The minimum atomic E-state index is -0.314. The zero-order chi connectivity index (χ0) is 21.6. The Kier molecular flexibility index (Phi) is 6.76. The third kappa shape index (κ3) is 4.85. The molecule has 0 unspecified atom stereocenters. The number of hydrogen-bond donors (Lipinski definition) is 0. The lowest BCUT2D eigenvalue weighted by Crippen LogP contribution is -2.32. The number of thioether (sulfide) groups is 1. The molecule has 0 atom stereocenters. The summed E-state index contributed by atoms with van der Waals surface area (Å²) in [5.41, 5.74) is 2.69. The molecule has 0 radical (unpaired) electrons. The van der Waals surface area contributed by atoms with Crippen molar-refractivity contribution in [1.82, 2.24) is 24.6 Å². The van der Waals surface area contributed by atoms with Crippen molar-refractivity contribution in [1.29, 1.82) is 0 Å². The Hall–Kier alpha value is -3.00. The Morgan fingerprint density at radius 3 is 2.58 bits per heavy atom. The molecule has 0 bridgehead atoms. The Morgan fingerprint density at radius 1 is 1.13 bits per heavy atom. The zero-order valence-corrected chi connectivity index (χ0v) is 18.2. The van der Waals surface area contributed by atoms with Gasteiger partial charge in [-0.25, -0.2) is 4.39 Å². The lowest BCUT2D eigenvalue weighted by atomic mass is 10.0. The topological polar surface area (TPSA) is 63.9 Å². The number of carbonyl (C=O) groups is 1. The van der Waals surface area contributed by atoms with Crippen LogP contribution in [0.25, 0.3) is 17.1 Å². The maximum absolute atomic E-state index is 13.5. The summed E-state index contributed by atoms with van der Waals surface area (Å²) in [4.78, 5) is 18.9. The molecule has 6 nitrogen and oxygen atoms in total. The van der Waals surface area contributed by atoms with Crippen LogP contribution < -0.4 is 0 Å². The van der Waals surface area contributed by atoms with E-state index in [1.807, 2.05) is 28.5 Å². The molecule has 0 spiro atoms. The first-order chi connectivity index (χ1) is 15.2. The highest BCUT2D eigenvalue weighted by molar-refractivity contribution is 7.99. The van der Waals surface area contributed by atoms with E-state index in [0.717, 1.165) is 36.2 Å². The van der Waals surface area contributed by atoms with Gasteiger partial charge in [-0.2, -0.15) is 0 Å². The van der Waals surface area contributed by atoms with E-state index < -0.39 is 0 Å². The van der Waals surface area contributed by atoms with Crippen molar-refractivity contribution in [3.05, 3.63) is 66.4 Å². The second-order valence-electron chi connectivity index (χ2n) is 7.22. The largest absolute Gasteiger partial charge is 0.316 e. The highest BCUT2D eigenvalue weighted by Crippen LogP contribution is 2.29. The molecule has 31 heavy (non-hydrogen) atoms. The predicted molar refractivity (Wildman–Crippen MR) is 119 cm³/mol. The van der Waals surface area contributed by atoms with Crippen LogP contribution in [0.2, 0.25) is 0 Å². The van der Waals surface area contributed by atoms with Crippen LogP contribution in [0, 0.1) is 5.82 Å². The molecule has 0 N–H and O–H groups in total. The molecular weight excluding hydrogens is 413 g/mol. The fourth-order valence-corrected chi connectivity index (χ4v) is 4.51. The summed E-state index contributed by atoms with van der Waals surface area (Å²) in [6, 6.07) is 9.86. The fourth-order valence-electron chi connectivity index (χ4n) is 3.68. The van der Waals surface area contributed by atoms with Gasteiger partial charge in [0.05, 0.1) is 5.75 Å². The molecule has 4 rings (SSSR count). The van der Waals surface area contributed by atoms with Crippen molar-refractivity contribution in [2.75, 3.05) is 12.3 Å². The molecule has 0 saturated carbocycles. The number of rotatable bonds is 7. The SMILES string of the molecule is CCN(C(=O)CSc1nnc(-c2ccncc2)n1-c1ccc(F)cc1)C1=CCCCC1.